The van der Waals surface area contributed by atoms with Crippen molar-refractivity contribution in [2.75, 3.05) is 19.8 Å². The van der Waals surface area contributed by atoms with Crippen molar-refractivity contribution in [2.24, 2.45) is 17.8 Å². The summed E-state index contributed by atoms with van der Waals surface area (Å²) in [6.07, 6.45) is 5.88. The number of ether oxygens (including phenoxy) is 1. The van der Waals surface area contributed by atoms with Crippen molar-refractivity contribution in [2.45, 2.75) is 45.6 Å². The molecule has 2 nitrogen and oxygen atoms in total. The Balaban J connectivity index is 1.82. The summed E-state index contributed by atoms with van der Waals surface area (Å²) in [4.78, 5) is 0. The zero-order chi connectivity index (χ0) is 10.7. The fraction of sp³-hybridized carbons (Fsp3) is 1.00. The fourth-order valence-electron chi connectivity index (χ4n) is 3.46. The first-order chi connectivity index (χ1) is 7.38. The van der Waals surface area contributed by atoms with Crippen LogP contribution in [-0.2, 0) is 4.74 Å². The lowest BCUT2D eigenvalue weighted by molar-refractivity contribution is 0.113. The SMILES string of the molecule is CCNC(COCC)C1C2CCCCC21. The number of hydrogen-bond acceptors (Lipinski definition) is 2. The Bertz CT molecular complexity index is 183. The summed E-state index contributed by atoms with van der Waals surface area (Å²) in [5.74, 6) is 2.99. The standard InChI is InChI=1S/C13H25NO/c1-3-14-12(9-15-4-2)13-10-7-5-6-8-11(10)13/h10-14H,3-9H2,1-2H3. The van der Waals surface area contributed by atoms with Crippen LogP contribution in [-0.4, -0.2) is 25.8 Å². The highest BCUT2D eigenvalue weighted by molar-refractivity contribution is 5.04. The maximum atomic E-state index is 5.59. The zero-order valence-corrected chi connectivity index (χ0v) is 10.2. The van der Waals surface area contributed by atoms with Crippen LogP contribution in [0.4, 0.5) is 0 Å². The topological polar surface area (TPSA) is 21.3 Å². The molecule has 2 rings (SSSR count). The maximum absolute atomic E-state index is 5.59. The van der Waals surface area contributed by atoms with E-state index in [1.165, 1.54) is 25.7 Å². The van der Waals surface area contributed by atoms with Gasteiger partial charge in [0, 0.05) is 12.6 Å². The second-order valence-corrected chi connectivity index (χ2v) is 5.01. The molecular formula is C13H25NO. The van der Waals surface area contributed by atoms with Gasteiger partial charge < -0.3 is 10.1 Å². The molecule has 0 aromatic heterocycles. The fourth-order valence-corrected chi connectivity index (χ4v) is 3.46. The predicted octanol–water partition coefficient (Wildman–Crippen LogP) is 2.44. The molecule has 0 radical (unpaired) electrons. The van der Waals surface area contributed by atoms with E-state index in [1.807, 2.05) is 0 Å². The zero-order valence-electron chi connectivity index (χ0n) is 10.2. The molecule has 15 heavy (non-hydrogen) atoms. The molecule has 0 aromatic rings. The average molecular weight is 211 g/mol. The molecular weight excluding hydrogens is 186 g/mol. The van der Waals surface area contributed by atoms with Crippen LogP contribution in [0.5, 0.6) is 0 Å². The number of rotatable bonds is 6. The second kappa shape index (κ2) is 5.31. The Morgan fingerprint density at radius 1 is 1.20 bits per heavy atom. The van der Waals surface area contributed by atoms with E-state index in [2.05, 4.69) is 19.2 Å². The van der Waals surface area contributed by atoms with E-state index in [1.54, 1.807) is 0 Å². The molecule has 3 unspecified atom stereocenters. The minimum Gasteiger partial charge on any atom is -0.380 e. The van der Waals surface area contributed by atoms with Crippen LogP contribution in [0.2, 0.25) is 0 Å². The van der Waals surface area contributed by atoms with Gasteiger partial charge in [-0.15, -0.1) is 0 Å². The quantitative estimate of drug-likeness (QED) is 0.728. The van der Waals surface area contributed by atoms with Crippen LogP contribution in [0.3, 0.4) is 0 Å². The third kappa shape index (κ3) is 2.54. The minimum absolute atomic E-state index is 0.628. The molecule has 0 bridgehead atoms. The Morgan fingerprint density at radius 2 is 1.87 bits per heavy atom. The van der Waals surface area contributed by atoms with Crippen molar-refractivity contribution in [3.63, 3.8) is 0 Å². The van der Waals surface area contributed by atoms with Crippen LogP contribution < -0.4 is 5.32 Å². The summed E-state index contributed by atoms with van der Waals surface area (Å²) in [5, 5.41) is 3.61. The first kappa shape index (κ1) is 11.4. The molecule has 0 saturated heterocycles. The third-order valence-corrected chi connectivity index (χ3v) is 4.16. The van der Waals surface area contributed by atoms with Crippen molar-refractivity contribution in [1.82, 2.24) is 5.32 Å². The molecule has 0 aromatic carbocycles. The Morgan fingerprint density at radius 3 is 2.40 bits per heavy atom. The lowest BCUT2D eigenvalue weighted by Gasteiger charge is -2.17. The smallest absolute Gasteiger partial charge is 0.0622 e. The van der Waals surface area contributed by atoms with Gasteiger partial charge >= 0.3 is 0 Å². The van der Waals surface area contributed by atoms with Gasteiger partial charge in [0.05, 0.1) is 6.61 Å². The van der Waals surface area contributed by atoms with Crippen molar-refractivity contribution >= 4 is 0 Å². The number of nitrogens with one attached hydrogen (secondary N) is 1. The number of hydrogen-bond donors (Lipinski definition) is 1. The van der Waals surface area contributed by atoms with Crippen molar-refractivity contribution < 1.29 is 4.74 Å². The molecule has 0 spiro atoms. The van der Waals surface area contributed by atoms with Gasteiger partial charge in [-0.3, -0.25) is 0 Å². The molecule has 2 aliphatic rings. The molecule has 0 amide bonds. The van der Waals surface area contributed by atoms with E-state index in [0.717, 1.165) is 37.5 Å². The second-order valence-electron chi connectivity index (χ2n) is 5.01. The molecule has 2 saturated carbocycles. The average Bonchev–Trinajstić information content (AvgIpc) is 2.98. The molecule has 2 heteroatoms. The lowest BCUT2D eigenvalue weighted by Crippen LogP contribution is -2.36. The van der Waals surface area contributed by atoms with Crippen LogP contribution in [0, 0.1) is 17.8 Å². The lowest BCUT2D eigenvalue weighted by atomic mass is 10.0. The third-order valence-electron chi connectivity index (χ3n) is 4.16. The van der Waals surface area contributed by atoms with Gasteiger partial charge in [-0.1, -0.05) is 19.8 Å². The normalized spacial score (nSPS) is 36.0. The molecule has 2 aliphatic carbocycles. The van der Waals surface area contributed by atoms with Gasteiger partial charge in [0.2, 0.25) is 0 Å². The van der Waals surface area contributed by atoms with E-state index in [9.17, 15) is 0 Å². The molecule has 3 atom stereocenters. The number of fused-ring (bicyclic) bond motifs is 1. The first-order valence-corrected chi connectivity index (χ1v) is 6.69. The Kier molecular flexibility index (Phi) is 4.04. The largest absolute Gasteiger partial charge is 0.380 e. The maximum Gasteiger partial charge on any atom is 0.0622 e. The van der Waals surface area contributed by atoms with Gasteiger partial charge in [-0.2, -0.15) is 0 Å². The highest BCUT2D eigenvalue weighted by Crippen LogP contribution is 2.56. The summed E-state index contributed by atoms with van der Waals surface area (Å²) in [6, 6.07) is 0.628. The highest BCUT2D eigenvalue weighted by atomic mass is 16.5. The van der Waals surface area contributed by atoms with Crippen LogP contribution in [0.25, 0.3) is 0 Å². The van der Waals surface area contributed by atoms with Gasteiger partial charge in [0.1, 0.15) is 0 Å². The van der Waals surface area contributed by atoms with Crippen molar-refractivity contribution in [1.29, 1.82) is 0 Å². The van der Waals surface area contributed by atoms with Gasteiger partial charge in [0.25, 0.3) is 0 Å². The van der Waals surface area contributed by atoms with Gasteiger partial charge in [-0.05, 0) is 44.1 Å². The van der Waals surface area contributed by atoms with Crippen LogP contribution in [0.15, 0.2) is 0 Å². The van der Waals surface area contributed by atoms with Gasteiger partial charge in [-0.25, -0.2) is 0 Å². The van der Waals surface area contributed by atoms with Gasteiger partial charge in [0.15, 0.2) is 0 Å². The molecule has 0 heterocycles. The monoisotopic (exact) mass is 211 g/mol. The first-order valence-electron chi connectivity index (χ1n) is 6.69. The van der Waals surface area contributed by atoms with Crippen molar-refractivity contribution in [3.8, 4) is 0 Å². The summed E-state index contributed by atoms with van der Waals surface area (Å²) in [7, 11) is 0. The van der Waals surface area contributed by atoms with E-state index < -0.39 is 0 Å². The summed E-state index contributed by atoms with van der Waals surface area (Å²) in [6.45, 7) is 7.13. The van der Waals surface area contributed by atoms with Crippen LogP contribution in [0.1, 0.15) is 39.5 Å². The van der Waals surface area contributed by atoms with E-state index in [4.69, 9.17) is 4.74 Å². The molecule has 88 valence electrons. The predicted molar refractivity (Wildman–Crippen MR) is 62.9 cm³/mol. The molecule has 0 aliphatic heterocycles. The summed E-state index contributed by atoms with van der Waals surface area (Å²) >= 11 is 0. The van der Waals surface area contributed by atoms with Crippen LogP contribution >= 0.6 is 0 Å². The Labute approximate surface area is 93.8 Å². The van der Waals surface area contributed by atoms with E-state index >= 15 is 0 Å². The Hall–Kier alpha value is -0.0800. The number of likely N-dealkylation sites (N-methyl/N-ethyl adjacent to an activating group) is 1. The summed E-state index contributed by atoms with van der Waals surface area (Å²) < 4.78 is 5.59. The molecule has 2 fully saturated rings. The van der Waals surface area contributed by atoms with E-state index in [0.29, 0.717) is 6.04 Å². The summed E-state index contributed by atoms with van der Waals surface area (Å²) in [5.41, 5.74) is 0. The van der Waals surface area contributed by atoms with E-state index in [-0.39, 0.29) is 0 Å². The minimum atomic E-state index is 0.628. The van der Waals surface area contributed by atoms with Crippen molar-refractivity contribution in [3.05, 3.63) is 0 Å². The highest BCUT2D eigenvalue weighted by Gasteiger charge is 2.53. The molecule has 1 N–H and O–H groups in total.